The molecule has 0 aromatic heterocycles. The average Bonchev–Trinajstić information content (AvgIpc) is 2.78. The second-order valence-electron chi connectivity index (χ2n) is 7.37. The SMILES string of the molecule is CC1C(O)N(C(=O)OC(C)(C)C)N(S(=O)(=O)c2ccc([N+](=O)[O-])cc2)C1C. The summed E-state index contributed by atoms with van der Waals surface area (Å²) in [6.45, 7) is 8.03. The maximum atomic E-state index is 13.1. The molecule has 1 aliphatic heterocycles. The Morgan fingerprint density at radius 2 is 1.74 bits per heavy atom. The highest BCUT2D eigenvalue weighted by atomic mass is 32.2. The Morgan fingerprint density at radius 3 is 2.19 bits per heavy atom. The van der Waals surface area contributed by atoms with E-state index < -0.39 is 44.8 Å². The van der Waals surface area contributed by atoms with Crippen LogP contribution in [0.15, 0.2) is 29.2 Å². The predicted molar refractivity (Wildman–Crippen MR) is 94.8 cm³/mol. The molecular weight excluding hydrogens is 378 g/mol. The first kappa shape index (κ1) is 21.1. The van der Waals surface area contributed by atoms with E-state index in [4.69, 9.17) is 4.74 Å². The Hall–Kier alpha value is -2.24. The van der Waals surface area contributed by atoms with E-state index in [0.717, 1.165) is 28.7 Å². The summed E-state index contributed by atoms with van der Waals surface area (Å²) in [6.07, 6.45) is -2.40. The van der Waals surface area contributed by atoms with Crippen LogP contribution in [0.3, 0.4) is 0 Å². The summed E-state index contributed by atoms with van der Waals surface area (Å²) in [5, 5.41) is 21.9. The number of nitrogens with zero attached hydrogens (tertiary/aromatic N) is 3. The fourth-order valence-electron chi connectivity index (χ4n) is 2.67. The minimum atomic E-state index is -4.27. The number of amides is 1. The molecule has 1 amide bonds. The molecule has 3 unspecified atom stereocenters. The van der Waals surface area contributed by atoms with E-state index in [9.17, 15) is 28.4 Å². The molecule has 0 spiro atoms. The minimum Gasteiger partial charge on any atom is -0.443 e. The third-order valence-corrected chi connectivity index (χ3v) is 6.08. The number of hydrogen-bond donors (Lipinski definition) is 1. The van der Waals surface area contributed by atoms with Crippen LogP contribution in [0.1, 0.15) is 34.6 Å². The summed E-state index contributed by atoms with van der Waals surface area (Å²) in [4.78, 5) is 22.4. The molecule has 0 aliphatic carbocycles. The van der Waals surface area contributed by atoms with Gasteiger partial charge in [0, 0.05) is 18.1 Å². The summed E-state index contributed by atoms with van der Waals surface area (Å²) in [5.74, 6) is -0.578. The summed E-state index contributed by atoms with van der Waals surface area (Å²) in [6, 6.07) is 3.55. The number of nitro benzene ring substituents is 1. The smallest absolute Gasteiger partial charge is 0.428 e. The van der Waals surface area contributed by atoms with Crippen LogP contribution in [0.4, 0.5) is 10.5 Å². The van der Waals surface area contributed by atoms with Gasteiger partial charge in [-0.25, -0.2) is 13.2 Å². The molecule has 2 rings (SSSR count). The van der Waals surface area contributed by atoms with Gasteiger partial charge in [-0.2, -0.15) is 5.01 Å². The van der Waals surface area contributed by atoms with Crippen LogP contribution in [-0.4, -0.2) is 51.8 Å². The molecule has 150 valence electrons. The number of benzene rings is 1. The van der Waals surface area contributed by atoms with Crippen LogP contribution in [-0.2, 0) is 14.8 Å². The molecule has 0 bridgehead atoms. The molecule has 27 heavy (non-hydrogen) atoms. The molecule has 1 N–H and O–H groups in total. The van der Waals surface area contributed by atoms with Crippen molar-refractivity contribution in [1.82, 2.24) is 9.42 Å². The second kappa shape index (κ2) is 7.06. The van der Waals surface area contributed by atoms with Crippen molar-refractivity contribution in [2.75, 3.05) is 0 Å². The van der Waals surface area contributed by atoms with Gasteiger partial charge in [0.05, 0.1) is 15.9 Å². The van der Waals surface area contributed by atoms with Crippen molar-refractivity contribution >= 4 is 21.8 Å². The quantitative estimate of drug-likeness (QED) is 0.606. The van der Waals surface area contributed by atoms with Crippen LogP contribution >= 0.6 is 0 Å². The highest BCUT2D eigenvalue weighted by Crippen LogP contribution is 2.35. The zero-order chi connectivity index (χ0) is 20.7. The summed E-state index contributed by atoms with van der Waals surface area (Å²) in [5.41, 5.74) is -1.16. The third-order valence-electron chi connectivity index (χ3n) is 4.21. The number of aliphatic hydroxyl groups is 1. The van der Waals surface area contributed by atoms with E-state index in [2.05, 4.69) is 0 Å². The normalized spacial score (nSPS) is 24.1. The molecule has 11 heteroatoms. The first-order chi connectivity index (χ1) is 12.3. The van der Waals surface area contributed by atoms with Gasteiger partial charge in [0.25, 0.3) is 15.7 Å². The highest BCUT2D eigenvalue weighted by Gasteiger charge is 2.52. The number of sulfonamides is 1. The van der Waals surface area contributed by atoms with Crippen molar-refractivity contribution in [1.29, 1.82) is 0 Å². The van der Waals surface area contributed by atoms with Gasteiger partial charge in [-0.3, -0.25) is 10.1 Å². The lowest BCUT2D eigenvalue weighted by atomic mass is 10.1. The standard InChI is InChI=1S/C16H23N3O7S/c1-10-11(2)18(17(14(10)20)15(21)26-16(3,4)5)27(24,25)13-8-6-12(7-9-13)19(22)23/h6-11,14,20H,1-5H3. The lowest BCUT2D eigenvalue weighted by Gasteiger charge is -2.32. The molecule has 0 saturated carbocycles. The molecule has 1 aromatic rings. The Kier molecular flexibility index (Phi) is 5.51. The van der Waals surface area contributed by atoms with Crippen LogP contribution in [0, 0.1) is 16.0 Å². The van der Waals surface area contributed by atoms with Gasteiger partial charge in [-0.1, -0.05) is 11.3 Å². The first-order valence-corrected chi connectivity index (χ1v) is 9.70. The van der Waals surface area contributed by atoms with Gasteiger partial charge < -0.3 is 9.84 Å². The molecule has 1 aromatic carbocycles. The number of hydrogen-bond acceptors (Lipinski definition) is 7. The van der Waals surface area contributed by atoms with Gasteiger partial charge in [0.2, 0.25) is 0 Å². The number of hydrazine groups is 1. The van der Waals surface area contributed by atoms with Crippen molar-refractivity contribution in [3.05, 3.63) is 34.4 Å². The molecule has 1 saturated heterocycles. The molecule has 1 heterocycles. The number of aliphatic hydroxyl groups excluding tert-OH is 1. The van der Waals surface area contributed by atoms with Crippen molar-refractivity contribution in [3.8, 4) is 0 Å². The minimum absolute atomic E-state index is 0.241. The van der Waals surface area contributed by atoms with Gasteiger partial charge in [-0.15, -0.1) is 0 Å². The summed E-state index contributed by atoms with van der Waals surface area (Å²) < 4.78 is 32.2. The number of ether oxygens (including phenoxy) is 1. The fraction of sp³-hybridized carbons (Fsp3) is 0.562. The molecule has 1 fully saturated rings. The number of nitro groups is 1. The Bertz CT molecular complexity index is 833. The molecular formula is C16H23N3O7S. The maximum absolute atomic E-state index is 13.1. The third kappa shape index (κ3) is 4.04. The Morgan fingerprint density at radius 1 is 1.22 bits per heavy atom. The van der Waals surface area contributed by atoms with Crippen LogP contribution in [0.2, 0.25) is 0 Å². The van der Waals surface area contributed by atoms with Crippen LogP contribution < -0.4 is 0 Å². The number of carbonyl (C=O) groups is 1. The van der Waals surface area contributed by atoms with E-state index in [1.54, 1.807) is 34.6 Å². The number of non-ortho nitro benzene ring substituents is 1. The van der Waals surface area contributed by atoms with Crippen LogP contribution in [0.5, 0.6) is 0 Å². The number of rotatable bonds is 3. The summed E-state index contributed by atoms with van der Waals surface area (Å²) >= 11 is 0. The van der Waals surface area contributed by atoms with Crippen molar-refractivity contribution in [2.24, 2.45) is 5.92 Å². The molecule has 0 radical (unpaired) electrons. The lowest BCUT2D eigenvalue weighted by Crippen LogP contribution is -2.51. The Labute approximate surface area is 157 Å². The van der Waals surface area contributed by atoms with E-state index in [-0.39, 0.29) is 10.6 Å². The van der Waals surface area contributed by atoms with Crippen molar-refractivity contribution in [3.63, 3.8) is 0 Å². The monoisotopic (exact) mass is 401 g/mol. The summed E-state index contributed by atoms with van der Waals surface area (Å²) in [7, 11) is -4.27. The predicted octanol–water partition coefficient (Wildman–Crippen LogP) is 2.09. The largest absolute Gasteiger partial charge is 0.443 e. The zero-order valence-electron chi connectivity index (χ0n) is 15.7. The van der Waals surface area contributed by atoms with E-state index in [0.29, 0.717) is 5.01 Å². The first-order valence-electron chi connectivity index (χ1n) is 8.26. The Balaban J connectivity index is 2.47. The van der Waals surface area contributed by atoms with Gasteiger partial charge in [0.1, 0.15) is 5.60 Å². The van der Waals surface area contributed by atoms with Crippen molar-refractivity contribution < 1.29 is 28.0 Å². The fourth-order valence-corrected chi connectivity index (χ4v) is 4.39. The van der Waals surface area contributed by atoms with Crippen molar-refractivity contribution in [2.45, 2.75) is 57.4 Å². The maximum Gasteiger partial charge on any atom is 0.428 e. The van der Waals surface area contributed by atoms with E-state index in [1.807, 2.05) is 0 Å². The van der Waals surface area contributed by atoms with Gasteiger partial charge in [0.15, 0.2) is 6.23 Å². The average molecular weight is 401 g/mol. The topological polar surface area (TPSA) is 130 Å². The van der Waals surface area contributed by atoms with Gasteiger partial charge >= 0.3 is 6.09 Å². The van der Waals surface area contributed by atoms with Gasteiger partial charge in [-0.05, 0) is 39.8 Å². The molecule has 10 nitrogen and oxygen atoms in total. The zero-order valence-corrected chi connectivity index (χ0v) is 16.5. The number of carbonyl (C=O) groups excluding carboxylic acids is 1. The van der Waals surface area contributed by atoms with E-state index in [1.165, 1.54) is 0 Å². The highest BCUT2D eigenvalue weighted by molar-refractivity contribution is 7.89. The molecule has 1 aliphatic rings. The van der Waals surface area contributed by atoms with Crippen LogP contribution in [0.25, 0.3) is 0 Å². The second-order valence-corrected chi connectivity index (χ2v) is 9.16. The van der Waals surface area contributed by atoms with E-state index >= 15 is 0 Å². The lowest BCUT2D eigenvalue weighted by molar-refractivity contribution is -0.384. The molecule has 3 atom stereocenters.